The first-order valence-electron chi connectivity index (χ1n) is 4.67. The van der Waals surface area contributed by atoms with E-state index in [0.29, 0.717) is 4.47 Å². The molecule has 1 atom stereocenters. The molecule has 16 heavy (non-hydrogen) atoms. The highest BCUT2D eigenvalue weighted by Gasteiger charge is 2.13. The number of nitriles is 1. The maximum atomic E-state index is 12.9. The van der Waals surface area contributed by atoms with Crippen LogP contribution in [0.4, 0.5) is 4.39 Å². The number of carbonyl (C=O) groups is 1. The zero-order chi connectivity index (χ0) is 12.1. The quantitative estimate of drug-likeness (QED) is 0.928. The van der Waals surface area contributed by atoms with Crippen LogP contribution >= 0.6 is 15.9 Å². The lowest BCUT2D eigenvalue weighted by Gasteiger charge is -2.11. The summed E-state index contributed by atoms with van der Waals surface area (Å²) < 4.78 is 13.5. The fraction of sp³-hybridized carbons (Fsp3) is 0.273. The summed E-state index contributed by atoms with van der Waals surface area (Å²) in [4.78, 5) is 11.7. The van der Waals surface area contributed by atoms with Crippen LogP contribution in [0, 0.1) is 17.1 Å². The molecule has 0 aromatic heterocycles. The van der Waals surface area contributed by atoms with Gasteiger partial charge in [-0.25, -0.2) is 4.39 Å². The van der Waals surface area contributed by atoms with Crippen molar-refractivity contribution < 1.29 is 9.18 Å². The third-order valence-corrected chi connectivity index (χ3v) is 2.64. The lowest BCUT2D eigenvalue weighted by molar-refractivity contribution is 0.0939. The summed E-state index contributed by atoms with van der Waals surface area (Å²) in [5.41, 5.74) is 0.227. The molecule has 0 heterocycles. The van der Waals surface area contributed by atoms with Crippen molar-refractivity contribution >= 4 is 21.8 Å². The first kappa shape index (κ1) is 12.7. The second-order valence-electron chi connectivity index (χ2n) is 3.36. The van der Waals surface area contributed by atoms with Crippen molar-refractivity contribution in [3.63, 3.8) is 0 Å². The smallest absolute Gasteiger partial charge is 0.252 e. The number of nitrogens with one attached hydrogen (secondary N) is 1. The molecule has 3 nitrogen and oxygen atoms in total. The first-order chi connectivity index (χ1) is 7.54. The van der Waals surface area contributed by atoms with Gasteiger partial charge in [0.1, 0.15) is 5.82 Å². The summed E-state index contributed by atoms with van der Waals surface area (Å²) in [5, 5.41) is 11.1. The molecule has 1 amide bonds. The fourth-order valence-corrected chi connectivity index (χ4v) is 1.59. The molecule has 0 saturated carbocycles. The molecule has 1 unspecified atom stereocenters. The van der Waals surface area contributed by atoms with Crippen molar-refractivity contribution in [1.82, 2.24) is 5.32 Å². The van der Waals surface area contributed by atoms with E-state index in [-0.39, 0.29) is 18.0 Å². The Bertz CT molecular complexity index is 442. The Morgan fingerprint density at radius 3 is 3.00 bits per heavy atom. The zero-order valence-electron chi connectivity index (χ0n) is 8.63. The summed E-state index contributed by atoms with van der Waals surface area (Å²) in [6.45, 7) is 1.72. The van der Waals surface area contributed by atoms with Gasteiger partial charge in [-0.3, -0.25) is 4.79 Å². The number of carbonyl (C=O) groups excluding carboxylic acids is 1. The standard InChI is InChI=1S/C11H10BrFN2O/c1-7(4-5-14)15-11(16)9-6-8(13)2-3-10(9)12/h2-3,6-7H,4H2,1H3,(H,15,16). The molecule has 0 radical (unpaired) electrons. The van der Waals surface area contributed by atoms with Gasteiger partial charge in [-0.1, -0.05) is 0 Å². The molecule has 0 saturated heterocycles. The van der Waals surface area contributed by atoms with E-state index in [2.05, 4.69) is 21.2 Å². The number of halogens is 2. The van der Waals surface area contributed by atoms with Crippen LogP contribution in [-0.4, -0.2) is 11.9 Å². The van der Waals surface area contributed by atoms with E-state index in [1.807, 2.05) is 6.07 Å². The average molecular weight is 285 g/mol. The average Bonchev–Trinajstić information content (AvgIpc) is 2.21. The lowest BCUT2D eigenvalue weighted by Crippen LogP contribution is -2.32. The van der Waals surface area contributed by atoms with Crippen LogP contribution in [0.1, 0.15) is 23.7 Å². The van der Waals surface area contributed by atoms with E-state index in [0.717, 1.165) is 6.07 Å². The Kier molecular flexibility index (Phi) is 4.44. The summed E-state index contributed by atoms with van der Waals surface area (Å²) in [7, 11) is 0. The molecule has 1 aromatic carbocycles. The van der Waals surface area contributed by atoms with Crippen LogP contribution in [0.2, 0.25) is 0 Å². The predicted octanol–water partition coefficient (Wildman–Crippen LogP) is 2.62. The minimum absolute atomic E-state index is 0.221. The summed E-state index contributed by atoms with van der Waals surface area (Å²) in [6.07, 6.45) is 0.221. The van der Waals surface area contributed by atoms with Crippen LogP contribution in [0.15, 0.2) is 22.7 Å². The fourth-order valence-electron chi connectivity index (χ4n) is 1.16. The minimum Gasteiger partial charge on any atom is -0.349 e. The van der Waals surface area contributed by atoms with Crippen molar-refractivity contribution in [3.05, 3.63) is 34.1 Å². The summed E-state index contributed by atoms with van der Waals surface area (Å²) in [6, 6.07) is 5.58. The lowest BCUT2D eigenvalue weighted by atomic mass is 10.2. The van der Waals surface area contributed by atoms with Gasteiger partial charge >= 0.3 is 0 Å². The van der Waals surface area contributed by atoms with Gasteiger partial charge in [-0.05, 0) is 41.1 Å². The molecule has 1 aromatic rings. The first-order valence-corrected chi connectivity index (χ1v) is 5.46. The molecule has 0 aliphatic rings. The molecule has 5 heteroatoms. The summed E-state index contributed by atoms with van der Waals surface area (Å²) in [5.74, 6) is -0.865. The minimum atomic E-state index is -0.471. The molecular formula is C11H10BrFN2O. The van der Waals surface area contributed by atoms with Crippen molar-refractivity contribution in [2.45, 2.75) is 19.4 Å². The van der Waals surface area contributed by atoms with Crippen LogP contribution in [0.5, 0.6) is 0 Å². The van der Waals surface area contributed by atoms with Crippen molar-refractivity contribution in [3.8, 4) is 6.07 Å². The molecule has 0 fully saturated rings. The van der Waals surface area contributed by atoms with Gasteiger partial charge in [0.15, 0.2) is 0 Å². The van der Waals surface area contributed by atoms with E-state index in [1.54, 1.807) is 6.92 Å². The van der Waals surface area contributed by atoms with Crippen molar-refractivity contribution in [1.29, 1.82) is 5.26 Å². The maximum absolute atomic E-state index is 12.9. The van der Waals surface area contributed by atoms with Crippen LogP contribution in [0.3, 0.4) is 0 Å². The molecule has 84 valence electrons. The number of nitrogens with zero attached hydrogens (tertiary/aromatic N) is 1. The van der Waals surface area contributed by atoms with Gasteiger partial charge in [-0.15, -0.1) is 0 Å². The number of hydrogen-bond donors (Lipinski definition) is 1. The van der Waals surface area contributed by atoms with Gasteiger partial charge in [0, 0.05) is 10.5 Å². The van der Waals surface area contributed by atoms with Gasteiger partial charge < -0.3 is 5.32 Å². The molecule has 0 bridgehead atoms. The Balaban J connectivity index is 2.81. The molecule has 1 rings (SSSR count). The number of hydrogen-bond acceptors (Lipinski definition) is 2. The van der Waals surface area contributed by atoms with Crippen LogP contribution < -0.4 is 5.32 Å². The van der Waals surface area contributed by atoms with E-state index < -0.39 is 11.7 Å². The third-order valence-electron chi connectivity index (χ3n) is 1.95. The topological polar surface area (TPSA) is 52.9 Å². The highest BCUT2D eigenvalue weighted by molar-refractivity contribution is 9.10. The van der Waals surface area contributed by atoms with Crippen LogP contribution in [-0.2, 0) is 0 Å². The zero-order valence-corrected chi connectivity index (χ0v) is 10.2. The summed E-state index contributed by atoms with van der Waals surface area (Å²) >= 11 is 3.17. The van der Waals surface area contributed by atoms with Gasteiger partial charge in [-0.2, -0.15) is 5.26 Å². The van der Waals surface area contributed by atoms with E-state index in [9.17, 15) is 9.18 Å². The monoisotopic (exact) mass is 284 g/mol. The van der Waals surface area contributed by atoms with Crippen LogP contribution in [0.25, 0.3) is 0 Å². The second-order valence-corrected chi connectivity index (χ2v) is 4.22. The largest absolute Gasteiger partial charge is 0.349 e. The van der Waals surface area contributed by atoms with Crippen molar-refractivity contribution in [2.24, 2.45) is 0 Å². The van der Waals surface area contributed by atoms with Crippen molar-refractivity contribution in [2.75, 3.05) is 0 Å². The Morgan fingerprint density at radius 1 is 1.69 bits per heavy atom. The molecule has 0 aliphatic carbocycles. The van der Waals surface area contributed by atoms with E-state index >= 15 is 0 Å². The molecule has 0 spiro atoms. The number of benzene rings is 1. The molecule has 1 N–H and O–H groups in total. The number of rotatable bonds is 3. The Morgan fingerprint density at radius 2 is 2.38 bits per heavy atom. The highest BCUT2D eigenvalue weighted by Crippen LogP contribution is 2.17. The normalized spacial score (nSPS) is 11.6. The molecular weight excluding hydrogens is 275 g/mol. The third kappa shape index (κ3) is 3.31. The number of amides is 1. The van der Waals surface area contributed by atoms with E-state index in [1.165, 1.54) is 12.1 Å². The predicted molar refractivity (Wildman–Crippen MR) is 61.3 cm³/mol. The Labute approximate surface area is 101 Å². The highest BCUT2D eigenvalue weighted by atomic mass is 79.9. The second kappa shape index (κ2) is 5.61. The van der Waals surface area contributed by atoms with Gasteiger partial charge in [0.05, 0.1) is 18.1 Å². The Hall–Kier alpha value is -1.41. The van der Waals surface area contributed by atoms with Gasteiger partial charge in [0.25, 0.3) is 5.91 Å². The van der Waals surface area contributed by atoms with E-state index in [4.69, 9.17) is 5.26 Å². The SMILES string of the molecule is CC(CC#N)NC(=O)c1cc(F)ccc1Br. The maximum Gasteiger partial charge on any atom is 0.252 e. The van der Waals surface area contributed by atoms with Gasteiger partial charge in [0.2, 0.25) is 0 Å². The molecule has 0 aliphatic heterocycles.